The highest BCUT2D eigenvalue weighted by Crippen LogP contribution is 2.33. The molecule has 2 aromatic carbocycles. The minimum atomic E-state index is -1.67. The van der Waals surface area contributed by atoms with E-state index >= 15 is 0 Å². The third-order valence-electron chi connectivity index (χ3n) is 4.13. The van der Waals surface area contributed by atoms with Crippen molar-refractivity contribution in [3.05, 3.63) is 53.8 Å². The summed E-state index contributed by atoms with van der Waals surface area (Å²) in [4.78, 5) is 27.2. The van der Waals surface area contributed by atoms with Gasteiger partial charge in [0.05, 0.1) is 24.5 Å². The number of anilines is 2. The Labute approximate surface area is 164 Å². The second-order valence-corrected chi connectivity index (χ2v) is 7.28. The van der Waals surface area contributed by atoms with Gasteiger partial charge in [0.2, 0.25) is 11.8 Å². The zero-order valence-corrected chi connectivity index (χ0v) is 15.6. The van der Waals surface area contributed by atoms with E-state index < -0.39 is 35.6 Å². The van der Waals surface area contributed by atoms with Gasteiger partial charge in [-0.3, -0.25) is 9.59 Å². The zero-order valence-electron chi connectivity index (χ0n) is 14.8. The first kappa shape index (κ1) is 20.1. The molecule has 0 spiro atoms. The summed E-state index contributed by atoms with van der Waals surface area (Å²) >= 11 is 1.73. The molecule has 3 rings (SSSR count). The molecule has 148 valence electrons. The Balaban J connectivity index is 1.55. The lowest BCUT2D eigenvalue weighted by atomic mass is 10.2. The van der Waals surface area contributed by atoms with Gasteiger partial charge in [0.1, 0.15) is 0 Å². The Morgan fingerprint density at radius 2 is 1.82 bits per heavy atom. The quantitative estimate of drug-likeness (QED) is 0.745. The Hall–Kier alpha value is -2.68. The van der Waals surface area contributed by atoms with Gasteiger partial charge in [-0.15, -0.1) is 11.8 Å². The van der Waals surface area contributed by atoms with Gasteiger partial charge in [-0.2, -0.15) is 0 Å². The number of carbonyl (C=O) groups is 2. The largest absolute Gasteiger partial charge is 0.361 e. The van der Waals surface area contributed by atoms with Crippen LogP contribution < -0.4 is 15.5 Å². The zero-order chi connectivity index (χ0) is 20.1. The molecule has 9 heteroatoms. The number of nitrogens with one attached hydrogen (secondary N) is 2. The van der Waals surface area contributed by atoms with Crippen LogP contribution in [-0.2, 0) is 9.59 Å². The van der Waals surface area contributed by atoms with E-state index in [-0.39, 0.29) is 12.5 Å². The standard InChI is InChI=1S/C19H18F3N3O2S/c20-12-6-7-13(19(22)18(12)21)24-16(26)10-23-17(27)11-25-8-3-9-28-15-5-2-1-4-14(15)25/h1-2,4-7H,3,8-11H2,(H,23,27)(H,24,26). The summed E-state index contributed by atoms with van der Waals surface area (Å²) in [6.07, 6.45) is 0.919. The lowest BCUT2D eigenvalue weighted by molar-refractivity contribution is -0.123. The average Bonchev–Trinajstić information content (AvgIpc) is 2.89. The molecule has 2 N–H and O–H groups in total. The smallest absolute Gasteiger partial charge is 0.243 e. The minimum Gasteiger partial charge on any atom is -0.361 e. The number of carbonyl (C=O) groups excluding carboxylic acids is 2. The van der Waals surface area contributed by atoms with Crippen LogP contribution in [0.5, 0.6) is 0 Å². The molecule has 0 bridgehead atoms. The highest BCUT2D eigenvalue weighted by Gasteiger charge is 2.19. The van der Waals surface area contributed by atoms with Gasteiger partial charge in [0, 0.05) is 11.4 Å². The van der Waals surface area contributed by atoms with Gasteiger partial charge in [0.15, 0.2) is 17.5 Å². The fourth-order valence-electron chi connectivity index (χ4n) is 2.79. The van der Waals surface area contributed by atoms with Crippen LogP contribution in [0.2, 0.25) is 0 Å². The van der Waals surface area contributed by atoms with Crippen LogP contribution in [0.25, 0.3) is 0 Å². The highest BCUT2D eigenvalue weighted by molar-refractivity contribution is 7.99. The molecule has 2 aromatic rings. The Kier molecular flexibility index (Phi) is 6.45. The van der Waals surface area contributed by atoms with E-state index in [9.17, 15) is 22.8 Å². The van der Waals surface area contributed by atoms with Crippen molar-refractivity contribution in [2.24, 2.45) is 0 Å². The van der Waals surface area contributed by atoms with E-state index in [1.165, 1.54) is 0 Å². The maximum Gasteiger partial charge on any atom is 0.243 e. The third-order valence-corrected chi connectivity index (χ3v) is 5.27. The van der Waals surface area contributed by atoms with E-state index in [0.29, 0.717) is 12.6 Å². The first-order valence-corrected chi connectivity index (χ1v) is 9.61. The molecule has 1 aliphatic heterocycles. The number of hydrogen-bond acceptors (Lipinski definition) is 4. The molecule has 5 nitrogen and oxygen atoms in total. The molecule has 0 fully saturated rings. The summed E-state index contributed by atoms with van der Waals surface area (Å²) in [5, 5.41) is 4.57. The fourth-order valence-corrected chi connectivity index (χ4v) is 3.80. The van der Waals surface area contributed by atoms with Crippen molar-refractivity contribution in [2.45, 2.75) is 11.3 Å². The molecular weight excluding hydrogens is 391 g/mol. The predicted octanol–water partition coefficient (Wildman–Crippen LogP) is 3.16. The number of halogens is 3. The molecule has 1 aliphatic rings. The lowest BCUT2D eigenvalue weighted by Crippen LogP contribution is -2.41. The van der Waals surface area contributed by atoms with E-state index in [2.05, 4.69) is 10.6 Å². The number of thioether (sulfide) groups is 1. The summed E-state index contributed by atoms with van der Waals surface area (Å²) in [6, 6.07) is 9.41. The van der Waals surface area contributed by atoms with Crippen molar-refractivity contribution < 1.29 is 22.8 Å². The molecular formula is C19H18F3N3O2S. The van der Waals surface area contributed by atoms with Crippen molar-refractivity contribution in [1.82, 2.24) is 5.32 Å². The molecule has 28 heavy (non-hydrogen) atoms. The number of rotatable bonds is 5. The van der Waals surface area contributed by atoms with E-state index in [0.717, 1.165) is 28.8 Å². The Morgan fingerprint density at radius 3 is 2.64 bits per heavy atom. The normalized spacial score (nSPS) is 13.5. The number of benzene rings is 2. The van der Waals surface area contributed by atoms with Crippen LogP contribution in [0.1, 0.15) is 6.42 Å². The van der Waals surface area contributed by atoms with Crippen LogP contribution in [0.3, 0.4) is 0 Å². The van der Waals surface area contributed by atoms with Gasteiger partial charge in [0.25, 0.3) is 0 Å². The molecule has 1 heterocycles. The molecule has 0 saturated heterocycles. The van der Waals surface area contributed by atoms with Crippen molar-refractivity contribution in [3.63, 3.8) is 0 Å². The topological polar surface area (TPSA) is 61.4 Å². The molecule has 0 aromatic heterocycles. The van der Waals surface area contributed by atoms with Crippen LogP contribution >= 0.6 is 11.8 Å². The number of hydrogen-bond donors (Lipinski definition) is 2. The third kappa shape index (κ3) is 4.78. The van der Waals surface area contributed by atoms with Crippen molar-refractivity contribution in [1.29, 1.82) is 0 Å². The van der Waals surface area contributed by atoms with E-state index in [1.54, 1.807) is 11.8 Å². The van der Waals surface area contributed by atoms with Gasteiger partial charge >= 0.3 is 0 Å². The molecule has 0 atom stereocenters. The van der Waals surface area contributed by atoms with E-state index in [1.807, 2.05) is 29.2 Å². The number of fused-ring (bicyclic) bond motifs is 1. The van der Waals surface area contributed by atoms with Gasteiger partial charge < -0.3 is 15.5 Å². The van der Waals surface area contributed by atoms with Crippen molar-refractivity contribution in [2.75, 3.05) is 35.6 Å². The summed E-state index contributed by atoms with van der Waals surface area (Å²) in [7, 11) is 0. The van der Waals surface area contributed by atoms with Gasteiger partial charge in [-0.1, -0.05) is 12.1 Å². The summed E-state index contributed by atoms with van der Waals surface area (Å²) in [5.41, 5.74) is 0.477. The number of nitrogens with zero attached hydrogens (tertiary/aromatic N) is 1. The SMILES string of the molecule is O=C(CN1CCCSc2ccccc21)NCC(=O)Nc1ccc(F)c(F)c1F. The maximum atomic E-state index is 13.6. The summed E-state index contributed by atoms with van der Waals surface area (Å²) in [5.74, 6) is -4.66. The van der Waals surface area contributed by atoms with Gasteiger partial charge in [-0.25, -0.2) is 13.2 Å². The van der Waals surface area contributed by atoms with E-state index in [4.69, 9.17) is 0 Å². The second kappa shape index (κ2) is 9.01. The summed E-state index contributed by atoms with van der Waals surface area (Å²) < 4.78 is 39.7. The second-order valence-electron chi connectivity index (χ2n) is 6.14. The predicted molar refractivity (Wildman–Crippen MR) is 102 cm³/mol. The highest BCUT2D eigenvalue weighted by atomic mass is 32.2. The van der Waals surface area contributed by atoms with Crippen LogP contribution in [0, 0.1) is 17.5 Å². The maximum absolute atomic E-state index is 13.6. The van der Waals surface area contributed by atoms with Crippen LogP contribution in [0.15, 0.2) is 41.3 Å². The molecule has 2 amide bonds. The lowest BCUT2D eigenvalue weighted by Gasteiger charge is -2.23. The molecule has 0 radical (unpaired) electrons. The Morgan fingerprint density at radius 1 is 1.04 bits per heavy atom. The first-order valence-electron chi connectivity index (χ1n) is 8.62. The molecule has 0 aliphatic carbocycles. The number of para-hydroxylation sites is 1. The summed E-state index contributed by atoms with van der Waals surface area (Å²) in [6.45, 7) is 0.371. The van der Waals surface area contributed by atoms with Crippen LogP contribution in [0.4, 0.5) is 24.5 Å². The fraction of sp³-hybridized carbons (Fsp3) is 0.263. The molecule has 0 saturated carbocycles. The first-order chi connectivity index (χ1) is 13.5. The average molecular weight is 409 g/mol. The Bertz CT molecular complexity index is 895. The van der Waals surface area contributed by atoms with Crippen molar-refractivity contribution in [3.8, 4) is 0 Å². The minimum absolute atomic E-state index is 0.0738. The van der Waals surface area contributed by atoms with Crippen LogP contribution in [-0.4, -0.2) is 37.2 Å². The number of amides is 2. The molecule has 0 unspecified atom stereocenters. The van der Waals surface area contributed by atoms with Gasteiger partial charge in [-0.05, 0) is 36.4 Å². The monoisotopic (exact) mass is 409 g/mol. The van der Waals surface area contributed by atoms with Crippen molar-refractivity contribution >= 4 is 35.0 Å².